The van der Waals surface area contributed by atoms with Crippen LogP contribution in [-0.2, 0) is 16.0 Å². The lowest BCUT2D eigenvalue weighted by Crippen LogP contribution is -2.40. The number of thioether (sulfide) groups is 1. The summed E-state index contributed by atoms with van der Waals surface area (Å²) in [6.45, 7) is 3.17. The molecule has 2 aliphatic heterocycles. The van der Waals surface area contributed by atoms with E-state index < -0.39 is 0 Å². The van der Waals surface area contributed by atoms with E-state index in [0.717, 1.165) is 32.5 Å². The summed E-state index contributed by atoms with van der Waals surface area (Å²) in [5.74, 6) is 0.0805. The lowest BCUT2D eigenvalue weighted by molar-refractivity contribution is -0.147. The van der Waals surface area contributed by atoms with Crippen LogP contribution in [0, 0.1) is 5.92 Å². The number of rotatable bonds is 3. The van der Waals surface area contributed by atoms with Crippen LogP contribution in [0.3, 0.4) is 0 Å². The molecule has 1 atom stereocenters. The number of carbonyl (C=O) groups is 1. The number of likely N-dealkylation sites (tertiary alicyclic amines) is 1. The topological polar surface area (TPSA) is 29.5 Å². The minimum atomic E-state index is -0.0349. The highest BCUT2D eigenvalue weighted by molar-refractivity contribution is 8.00. The lowest BCUT2D eigenvalue weighted by atomic mass is 9.97. The number of hydrogen-bond donors (Lipinski definition) is 0. The molecule has 0 saturated carbocycles. The molecule has 1 aromatic carbocycles. The molecular formula is C16H21NO2S. The molecule has 0 aromatic heterocycles. The van der Waals surface area contributed by atoms with Gasteiger partial charge in [-0.15, -0.1) is 11.8 Å². The monoisotopic (exact) mass is 291 g/mol. The summed E-state index contributed by atoms with van der Waals surface area (Å²) in [6.07, 6.45) is 3.06. The van der Waals surface area contributed by atoms with E-state index in [1.165, 1.54) is 24.0 Å². The van der Waals surface area contributed by atoms with Crippen molar-refractivity contribution in [1.82, 2.24) is 4.90 Å². The number of nitrogens with zero attached hydrogens (tertiary/aromatic N) is 1. The van der Waals surface area contributed by atoms with Gasteiger partial charge < -0.3 is 9.64 Å². The van der Waals surface area contributed by atoms with Crippen LogP contribution in [0.2, 0.25) is 0 Å². The molecule has 0 N–H and O–H groups in total. The van der Waals surface area contributed by atoms with Gasteiger partial charge >= 0.3 is 5.97 Å². The normalized spacial score (nSPS) is 23.6. The van der Waals surface area contributed by atoms with E-state index in [4.69, 9.17) is 4.74 Å². The average molecular weight is 291 g/mol. The second-order valence-electron chi connectivity index (χ2n) is 5.65. The van der Waals surface area contributed by atoms with Gasteiger partial charge in [0, 0.05) is 16.7 Å². The Balaban J connectivity index is 1.48. The third-order valence-corrected chi connectivity index (χ3v) is 5.60. The maximum absolute atomic E-state index is 11.5. The molecule has 4 heteroatoms. The Morgan fingerprint density at radius 1 is 1.35 bits per heavy atom. The Morgan fingerprint density at radius 3 is 2.80 bits per heavy atom. The highest BCUT2D eigenvalue weighted by Crippen LogP contribution is 2.37. The molecule has 0 amide bonds. The fourth-order valence-electron chi connectivity index (χ4n) is 3.16. The summed E-state index contributed by atoms with van der Waals surface area (Å²) in [7, 11) is 1.49. The van der Waals surface area contributed by atoms with Crippen LogP contribution < -0.4 is 0 Å². The van der Waals surface area contributed by atoms with Crippen LogP contribution in [0.5, 0.6) is 0 Å². The highest BCUT2D eigenvalue weighted by atomic mass is 32.2. The Labute approximate surface area is 124 Å². The van der Waals surface area contributed by atoms with E-state index in [2.05, 4.69) is 29.2 Å². The van der Waals surface area contributed by atoms with Crippen molar-refractivity contribution in [2.24, 2.45) is 5.92 Å². The number of methoxy groups -OCH3 is 1. The molecule has 0 bridgehead atoms. The smallest absolute Gasteiger partial charge is 0.308 e. The van der Waals surface area contributed by atoms with E-state index in [-0.39, 0.29) is 11.9 Å². The molecular weight excluding hydrogens is 270 g/mol. The highest BCUT2D eigenvalue weighted by Gasteiger charge is 2.29. The summed E-state index contributed by atoms with van der Waals surface area (Å²) < 4.78 is 4.84. The molecule has 0 aliphatic carbocycles. The third kappa shape index (κ3) is 3.01. The molecule has 1 aromatic rings. The number of ether oxygens (including phenoxy) is 1. The average Bonchev–Trinajstić information content (AvgIpc) is 2.89. The number of hydrogen-bond acceptors (Lipinski definition) is 4. The molecule has 2 heterocycles. The quantitative estimate of drug-likeness (QED) is 0.801. The second kappa shape index (κ2) is 6.19. The van der Waals surface area contributed by atoms with Gasteiger partial charge in [0.25, 0.3) is 0 Å². The van der Waals surface area contributed by atoms with Gasteiger partial charge in [-0.1, -0.05) is 18.2 Å². The zero-order chi connectivity index (χ0) is 13.9. The maximum atomic E-state index is 11.5. The van der Waals surface area contributed by atoms with Gasteiger partial charge in [0.2, 0.25) is 0 Å². The van der Waals surface area contributed by atoms with Crippen molar-refractivity contribution >= 4 is 17.7 Å². The van der Waals surface area contributed by atoms with Crippen LogP contribution in [0.15, 0.2) is 29.2 Å². The minimum Gasteiger partial charge on any atom is -0.469 e. The zero-order valence-corrected chi connectivity index (χ0v) is 12.7. The van der Waals surface area contributed by atoms with Crippen LogP contribution in [0.4, 0.5) is 0 Å². The van der Waals surface area contributed by atoms with Crippen molar-refractivity contribution in [2.75, 3.05) is 26.7 Å². The predicted octanol–water partition coefficient (Wildman–Crippen LogP) is 2.59. The lowest BCUT2D eigenvalue weighted by Gasteiger charge is -2.32. The van der Waals surface area contributed by atoms with E-state index in [1.54, 1.807) is 0 Å². The van der Waals surface area contributed by atoms with Gasteiger partial charge in [0.15, 0.2) is 0 Å². The summed E-state index contributed by atoms with van der Waals surface area (Å²) in [5, 5.41) is 0.669. The SMILES string of the molecule is COC(=O)C1CCN(CC2Cc3ccccc3S2)CC1. The fourth-order valence-corrected chi connectivity index (χ4v) is 4.53. The number of benzene rings is 1. The first-order chi connectivity index (χ1) is 9.76. The van der Waals surface area contributed by atoms with E-state index >= 15 is 0 Å². The molecule has 1 saturated heterocycles. The summed E-state index contributed by atoms with van der Waals surface area (Å²) in [6, 6.07) is 8.72. The zero-order valence-electron chi connectivity index (χ0n) is 11.9. The summed E-state index contributed by atoms with van der Waals surface area (Å²) >= 11 is 2.01. The van der Waals surface area contributed by atoms with Crippen LogP contribution in [0.1, 0.15) is 18.4 Å². The Kier molecular flexibility index (Phi) is 4.32. The van der Waals surface area contributed by atoms with Crippen molar-refractivity contribution in [1.29, 1.82) is 0 Å². The first-order valence-corrected chi connectivity index (χ1v) is 8.19. The van der Waals surface area contributed by atoms with Gasteiger partial charge in [-0.3, -0.25) is 4.79 Å². The number of fused-ring (bicyclic) bond motifs is 1. The number of piperidine rings is 1. The molecule has 0 spiro atoms. The van der Waals surface area contributed by atoms with Crippen molar-refractivity contribution in [3.63, 3.8) is 0 Å². The Bertz CT molecular complexity index is 458. The molecule has 1 unspecified atom stereocenters. The van der Waals surface area contributed by atoms with E-state index in [0.29, 0.717) is 5.25 Å². The minimum absolute atomic E-state index is 0.0349. The van der Waals surface area contributed by atoms with Crippen molar-refractivity contribution in [3.8, 4) is 0 Å². The molecule has 3 rings (SSSR count). The van der Waals surface area contributed by atoms with Crippen LogP contribution in [0.25, 0.3) is 0 Å². The standard InChI is InChI=1S/C16H21NO2S/c1-19-16(18)12-6-8-17(9-7-12)11-14-10-13-4-2-3-5-15(13)20-14/h2-5,12,14H,6-11H2,1H3. The number of esters is 1. The van der Waals surface area contributed by atoms with E-state index in [1.807, 2.05) is 11.8 Å². The van der Waals surface area contributed by atoms with Gasteiger partial charge in [-0.25, -0.2) is 0 Å². The summed E-state index contributed by atoms with van der Waals surface area (Å²) in [5.41, 5.74) is 1.49. The predicted molar refractivity (Wildman–Crippen MR) is 81.0 cm³/mol. The van der Waals surface area contributed by atoms with Gasteiger partial charge in [0.1, 0.15) is 0 Å². The molecule has 3 nitrogen and oxygen atoms in total. The first kappa shape index (κ1) is 14.0. The van der Waals surface area contributed by atoms with Gasteiger partial charge in [-0.2, -0.15) is 0 Å². The molecule has 108 valence electrons. The maximum Gasteiger partial charge on any atom is 0.308 e. The Morgan fingerprint density at radius 2 is 2.10 bits per heavy atom. The van der Waals surface area contributed by atoms with Gasteiger partial charge in [0.05, 0.1) is 13.0 Å². The van der Waals surface area contributed by atoms with Crippen LogP contribution in [-0.4, -0.2) is 42.9 Å². The molecule has 1 fully saturated rings. The molecule has 0 radical (unpaired) electrons. The molecule has 20 heavy (non-hydrogen) atoms. The summed E-state index contributed by atoms with van der Waals surface area (Å²) in [4.78, 5) is 15.5. The van der Waals surface area contributed by atoms with Crippen molar-refractivity contribution in [3.05, 3.63) is 29.8 Å². The fraction of sp³-hybridized carbons (Fsp3) is 0.562. The Hall–Kier alpha value is -1.00. The van der Waals surface area contributed by atoms with Gasteiger partial charge in [-0.05, 0) is 44.0 Å². The van der Waals surface area contributed by atoms with Crippen molar-refractivity contribution in [2.45, 2.75) is 29.4 Å². The first-order valence-electron chi connectivity index (χ1n) is 7.31. The molecule has 2 aliphatic rings. The largest absolute Gasteiger partial charge is 0.469 e. The second-order valence-corrected chi connectivity index (χ2v) is 6.99. The van der Waals surface area contributed by atoms with Crippen molar-refractivity contribution < 1.29 is 9.53 Å². The van der Waals surface area contributed by atoms with E-state index in [9.17, 15) is 4.79 Å². The third-order valence-electron chi connectivity index (χ3n) is 4.30. The van der Waals surface area contributed by atoms with Crippen LogP contribution >= 0.6 is 11.8 Å². The number of carbonyl (C=O) groups excluding carboxylic acids is 1.